The molecule has 0 fully saturated rings. The van der Waals surface area contributed by atoms with Gasteiger partial charge in [-0.3, -0.25) is 4.79 Å². The minimum absolute atomic E-state index is 0.174. The highest BCUT2D eigenvalue weighted by Gasteiger charge is 2.09. The summed E-state index contributed by atoms with van der Waals surface area (Å²) < 4.78 is 10.4. The number of carbonyl (C=O) groups excluding carboxylic acids is 1. The lowest BCUT2D eigenvalue weighted by Crippen LogP contribution is -2.27. The van der Waals surface area contributed by atoms with Crippen molar-refractivity contribution in [2.45, 2.75) is 39.7 Å². The smallest absolute Gasteiger partial charge is 0.319 e. The van der Waals surface area contributed by atoms with Crippen molar-refractivity contribution in [3.05, 3.63) is 0 Å². The van der Waals surface area contributed by atoms with Crippen LogP contribution >= 0.6 is 0 Å². The molecule has 0 aromatic carbocycles. The van der Waals surface area contributed by atoms with E-state index in [9.17, 15) is 4.79 Å². The molecule has 0 atom stereocenters. The summed E-state index contributed by atoms with van der Waals surface area (Å²) in [6, 6.07) is 0. The summed E-state index contributed by atoms with van der Waals surface area (Å²) in [4.78, 5) is 11.1. The molecule has 0 amide bonds. The van der Waals surface area contributed by atoms with Crippen LogP contribution in [0.3, 0.4) is 0 Å². The molecule has 0 rings (SSSR count). The van der Waals surface area contributed by atoms with Crippen LogP contribution in [0.25, 0.3) is 0 Å². The van der Waals surface area contributed by atoms with Gasteiger partial charge in [-0.1, -0.05) is 6.92 Å². The summed E-state index contributed by atoms with van der Waals surface area (Å²) in [5, 5.41) is 2.98. The molecule has 0 aromatic rings. The van der Waals surface area contributed by atoms with E-state index in [1.807, 2.05) is 20.8 Å². The third kappa shape index (κ3) is 11.3. The van der Waals surface area contributed by atoms with Crippen molar-refractivity contribution in [3.8, 4) is 0 Å². The van der Waals surface area contributed by atoms with Gasteiger partial charge in [0.15, 0.2) is 0 Å². The van der Waals surface area contributed by atoms with Crippen molar-refractivity contribution in [1.29, 1.82) is 0 Å². The van der Waals surface area contributed by atoms with Gasteiger partial charge in [-0.15, -0.1) is 0 Å². The number of esters is 1. The molecule has 90 valence electrons. The molecule has 0 aliphatic rings. The van der Waals surface area contributed by atoms with E-state index >= 15 is 0 Å². The predicted molar refractivity (Wildman–Crippen MR) is 59.8 cm³/mol. The molecule has 0 aromatic heterocycles. The third-order valence-electron chi connectivity index (χ3n) is 1.58. The Kier molecular flexibility index (Phi) is 7.34. The Morgan fingerprint density at radius 3 is 2.47 bits per heavy atom. The molecule has 0 bridgehead atoms. The van der Waals surface area contributed by atoms with E-state index in [4.69, 9.17) is 9.47 Å². The fourth-order valence-corrected chi connectivity index (χ4v) is 0.922. The van der Waals surface area contributed by atoms with Gasteiger partial charge in [-0.05, 0) is 33.7 Å². The number of ether oxygens (including phenoxy) is 2. The van der Waals surface area contributed by atoms with Gasteiger partial charge in [-0.25, -0.2) is 0 Å². The first-order chi connectivity index (χ1) is 6.95. The van der Waals surface area contributed by atoms with E-state index < -0.39 is 0 Å². The Bertz CT molecular complexity index is 175. The zero-order chi connectivity index (χ0) is 11.7. The standard InChI is InChI=1S/C11H23NO3/c1-5-6-12-9-10(13)14-7-8-15-11(2,3)4/h12H,5-9H2,1-4H3. The average molecular weight is 217 g/mol. The molecule has 0 saturated heterocycles. The number of carbonyl (C=O) groups is 1. The van der Waals surface area contributed by atoms with Crippen LogP contribution in [0.2, 0.25) is 0 Å². The highest BCUT2D eigenvalue weighted by molar-refractivity contribution is 5.71. The van der Waals surface area contributed by atoms with Crippen molar-refractivity contribution in [1.82, 2.24) is 5.32 Å². The second-order valence-corrected chi connectivity index (χ2v) is 4.36. The largest absolute Gasteiger partial charge is 0.462 e. The molecule has 4 nitrogen and oxygen atoms in total. The molecule has 4 heteroatoms. The third-order valence-corrected chi connectivity index (χ3v) is 1.58. The van der Waals surface area contributed by atoms with E-state index in [1.54, 1.807) is 0 Å². The molecule has 0 aliphatic carbocycles. The molecule has 0 spiro atoms. The van der Waals surface area contributed by atoms with Crippen molar-refractivity contribution in [2.75, 3.05) is 26.3 Å². The quantitative estimate of drug-likeness (QED) is 0.516. The highest BCUT2D eigenvalue weighted by Crippen LogP contribution is 2.05. The molecule has 0 heterocycles. The molecule has 0 saturated carbocycles. The maximum Gasteiger partial charge on any atom is 0.319 e. The topological polar surface area (TPSA) is 47.6 Å². The van der Waals surface area contributed by atoms with Crippen LogP contribution in [0.15, 0.2) is 0 Å². The number of nitrogens with one attached hydrogen (secondary N) is 1. The minimum atomic E-state index is -0.221. The lowest BCUT2D eigenvalue weighted by Gasteiger charge is -2.19. The summed E-state index contributed by atoms with van der Waals surface area (Å²) >= 11 is 0. The van der Waals surface area contributed by atoms with Gasteiger partial charge in [-0.2, -0.15) is 0 Å². The molecule has 0 aliphatic heterocycles. The molecule has 0 radical (unpaired) electrons. The Hall–Kier alpha value is -0.610. The molecular formula is C11H23NO3. The fraction of sp³-hybridized carbons (Fsp3) is 0.909. The van der Waals surface area contributed by atoms with Crippen molar-refractivity contribution in [3.63, 3.8) is 0 Å². The normalized spacial score (nSPS) is 11.5. The van der Waals surface area contributed by atoms with E-state index in [1.165, 1.54) is 0 Å². The monoisotopic (exact) mass is 217 g/mol. The van der Waals surface area contributed by atoms with Gasteiger partial charge >= 0.3 is 5.97 Å². The van der Waals surface area contributed by atoms with Crippen LogP contribution in [0.4, 0.5) is 0 Å². The van der Waals surface area contributed by atoms with Crippen LogP contribution in [-0.4, -0.2) is 37.9 Å². The van der Waals surface area contributed by atoms with E-state index in [2.05, 4.69) is 12.2 Å². The second kappa shape index (κ2) is 7.65. The Morgan fingerprint density at radius 1 is 1.27 bits per heavy atom. The molecule has 1 N–H and O–H groups in total. The SMILES string of the molecule is CCCNCC(=O)OCCOC(C)(C)C. The van der Waals surface area contributed by atoms with Gasteiger partial charge in [0.25, 0.3) is 0 Å². The first kappa shape index (κ1) is 14.4. The summed E-state index contributed by atoms with van der Waals surface area (Å²) in [7, 11) is 0. The lowest BCUT2D eigenvalue weighted by atomic mass is 10.2. The van der Waals surface area contributed by atoms with Crippen molar-refractivity contribution < 1.29 is 14.3 Å². The highest BCUT2D eigenvalue weighted by atomic mass is 16.6. The van der Waals surface area contributed by atoms with Crippen LogP contribution < -0.4 is 5.32 Å². The van der Waals surface area contributed by atoms with E-state index in [0.29, 0.717) is 13.2 Å². The van der Waals surface area contributed by atoms with Crippen molar-refractivity contribution in [2.24, 2.45) is 0 Å². The summed E-state index contributed by atoms with van der Waals surface area (Å²) in [6.45, 7) is 9.85. The summed E-state index contributed by atoms with van der Waals surface area (Å²) in [5.41, 5.74) is -0.174. The number of hydrogen-bond acceptors (Lipinski definition) is 4. The van der Waals surface area contributed by atoms with E-state index in [0.717, 1.165) is 13.0 Å². The Balaban J connectivity index is 3.32. The first-order valence-electron chi connectivity index (χ1n) is 5.46. The predicted octanol–water partition coefficient (Wildman–Crippen LogP) is 1.34. The molecular weight excluding hydrogens is 194 g/mol. The number of hydrogen-bond donors (Lipinski definition) is 1. The van der Waals surface area contributed by atoms with Gasteiger partial charge in [0.05, 0.1) is 18.8 Å². The average Bonchev–Trinajstić information content (AvgIpc) is 2.11. The van der Waals surface area contributed by atoms with Crippen LogP contribution in [-0.2, 0) is 14.3 Å². The first-order valence-corrected chi connectivity index (χ1v) is 5.46. The van der Waals surface area contributed by atoms with Crippen LogP contribution in [0.5, 0.6) is 0 Å². The Morgan fingerprint density at radius 2 is 1.93 bits per heavy atom. The van der Waals surface area contributed by atoms with Crippen molar-refractivity contribution >= 4 is 5.97 Å². The zero-order valence-electron chi connectivity index (χ0n) is 10.3. The second-order valence-electron chi connectivity index (χ2n) is 4.36. The lowest BCUT2D eigenvalue weighted by molar-refractivity contribution is -0.145. The Labute approximate surface area is 92.3 Å². The van der Waals surface area contributed by atoms with Gasteiger partial charge < -0.3 is 14.8 Å². The van der Waals surface area contributed by atoms with Crippen LogP contribution in [0.1, 0.15) is 34.1 Å². The summed E-state index contributed by atoms with van der Waals surface area (Å²) in [5.74, 6) is -0.221. The maximum atomic E-state index is 11.1. The van der Waals surface area contributed by atoms with Gasteiger partial charge in [0.1, 0.15) is 6.61 Å². The van der Waals surface area contributed by atoms with E-state index in [-0.39, 0.29) is 18.1 Å². The number of rotatable bonds is 7. The zero-order valence-corrected chi connectivity index (χ0v) is 10.3. The van der Waals surface area contributed by atoms with Gasteiger partial charge in [0.2, 0.25) is 0 Å². The minimum Gasteiger partial charge on any atom is -0.462 e. The molecule has 0 unspecified atom stereocenters. The van der Waals surface area contributed by atoms with Crippen LogP contribution in [0, 0.1) is 0 Å². The summed E-state index contributed by atoms with van der Waals surface area (Å²) in [6.07, 6.45) is 1.01. The fourth-order valence-electron chi connectivity index (χ4n) is 0.922. The molecule has 15 heavy (non-hydrogen) atoms. The maximum absolute atomic E-state index is 11.1. The van der Waals surface area contributed by atoms with Gasteiger partial charge in [0, 0.05) is 0 Å².